The van der Waals surface area contributed by atoms with Crippen molar-refractivity contribution in [2.24, 2.45) is 0 Å². The average molecular weight is 593 g/mol. The Hall–Kier alpha value is -4.37. The van der Waals surface area contributed by atoms with Crippen LogP contribution >= 0.6 is 0 Å². The van der Waals surface area contributed by atoms with Crippen LogP contribution in [0.3, 0.4) is 0 Å². The summed E-state index contributed by atoms with van der Waals surface area (Å²) in [5, 5.41) is 20.6. The van der Waals surface area contributed by atoms with Crippen molar-refractivity contribution in [3.63, 3.8) is 0 Å². The van der Waals surface area contributed by atoms with Gasteiger partial charge < -0.3 is 5.11 Å². The molecular formula is C26H21F5N6O3S. The van der Waals surface area contributed by atoms with Gasteiger partial charge in [0.25, 0.3) is 10.0 Å². The van der Waals surface area contributed by atoms with E-state index in [1.807, 2.05) is 0 Å². The van der Waals surface area contributed by atoms with Gasteiger partial charge in [0, 0.05) is 22.7 Å². The topological polar surface area (TPSA) is 115 Å². The third-order valence-corrected chi connectivity index (χ3v) is 8.06. The predicted molar refractivity (Wildman–Crippen MR) is 137 cm³/mol. The molecule has 214 valence electrons. The van der Waals surface area contributed by atoms with Crippen LogP contribution in [0, 0.1) is 11.6 Å². The van der Waals surface area contributed by atoms with Crippen molar-refractivity contribution in [2.45, 2.75) is 36.2 Å². The van der Waals surface area contributed by atoms with Crippen LogP contribution in [0.15, 0.2) is 84.4 Å². The highest BCUT2D eigenvalue weighted by Gasteiger charge is 2.41. The molecular weight excluding hydrogens is 571 g/mol. The van der Waals surface area contributed by atoms with Crippen LogP contribution in [0.1, 0.15) is 24.1 Å². The number of hydrogen-bond donors (Lipinski definition) is 2. The smallest absolute Gasteiger partial charge is 0.381 e. The van der Waals surface area contributed by atoms with E-state index in [4.69, 9.17) is 0 Å². The third kappa shape index (κ3) is 5.50. The number of halogens is 5. The Morgan fingerprint density at radius 1 is 1.00 bits per heavy atom. The average Bonchev–Trinajstić information content (AvgIpc) is 3.57. The van der Waals surface area contributed by atoms with Gasteiger partial charge in [0.1, 0.15) is 29.9 Å². The summed E-state index contributed by atoms with van der Waals surface area (Å²) in [6.07, 6.45) is -0.640. The summed E-state index contributed by atoms with van der Waals surface area (Å²) >= 11 is 0. The highest BCUT2D eigenvalue weighted by Crippen LogP contribution is 2.38. The standard InChI is InChI=1S/C26H21F5N6O3S/c1-16(25(38,13-36-15-32-14-34-36)22-8-4-19(27)11-23(22)28)37-24-9-5-20(10-17(24)12-33-37)35-41(39,40)21-6-2-18(3-7-21)26(29,30)31/h2-12,14-16,35,38H,13H2,1H3. The first-order valence-corrected chi connectivity index (χ1v) is 13.4. The van der Waals surface area contributed by atoms with Gasteiger partial charge in [-0.2, -0.15) is 23.4 Å². The molecule has 0 saturated carbocycles. The Balaban J connectivity index is 1.47. The minimum Gasteiger partial charge on any atom is -0.381 e. The maximum atomic E-state index is 14.9. The second-order valence-electron chi connectivity index (χ2n) is 9.31. The molecule has 0 radical (unpaired) electrons. The van der Waals surface area contributed by atoms with Crippen molar-refractivity contribution in [3.05, 3.63) is 102 Å². The number of aliphatic hydroxyl groups is 1. The van der Waals surface area contributed by atoms with E-state index in [1.54, 1.807) is 6.92 Å². The molecule has 9 nitrogen and oxygen atoms in total. The van der Waals surface area contributed by atoms with Gasteiger partial charge in [-0.1, -0.05) is 6.07 Å². The monoisotopic (exact) mass is 592 g/mol. The van der Waals surface area contributed by atoms with E-state index in [0.29, 0.717) is 29.1 Å². The van der Waals surface area contributed by atoms with Gasteiger partial charge in [-0.3, -0.25) is 9.40 Å². The lowest BCUT2D eigenvalue weighted by molar-refractivity contribution is -0.137. The first-order valence-electron chi connectivity index (χ1n) is 12.0. The Kier molecular flexibility index (Phi) is 7.03. The number of anilines is 1. The lowest BCUT2D eigenvalue weighted by Crippen LogP contribution is -2.41. The van der Waals surface area contributed by atoms with E-state index in [0.717, 1.165) is 24.3 Å². The molecule has 0 fully saturated rings. The Morgan fingerprint density at radius 2 is 1.73 bits per heavy atom. The summed E-state index contributed by atoms with van der Waals surface area (Å²) in [6, 6.07) is 9.28. The van der Waals surface area contributed by atoms with Crippen LogP contribution in [0.25, 0.3) is 10.9 Å². The number of aromatic nitrogens is 5. The van der Waals surface area contributed by atoms with Gasteiger partial charge in [0.15, 0.2) is 0 Å². The highest BCUT2D eigenvalue weighted by molar-refractivity contribution is 7.92. The van der Waals surface area contributed by atoms with Crippen molar-refractivity contribution in [2.75, 3.05) is 4.72 Å². The summed E-state index contributed by atoms with van der Waals surface area (Å²) in [7, 11) is -4.22. The van der Waals surface area contributed by atoms with Gasteiger partial charge in [0.05, 0.1) is 34.8 Å². The molecule has 2 atom stereocenters. The molecule has 41 heavy (non-hydrogen) atoms. The molecule has 5 rings (SSSR count). The molecule has 2 aromatic heterocycles. The summed E-state index contributed by atoms with van der Waals surface area (Å²) in [5.41, 5.74) is -2.63. The lowest BCUT2D eigenvalue weighted by Gasteiger charge is -2.35. The van der Waals surface area contributed by atoms with Crippen molar-refractivity contribution >= 4 is 26.6 Å². The fraction of sp³-hybridized carbons (Fsp3) is 0.192. The van der Waals surface area contributed by atoms with Gasteiger partial charge >= 0.3 is 6.18 Å². The van der Waals surface area contributed by atoms with Crippen LogP contribution in [0.4, 0.5) is 27.6 Å². The fourth-order valence-corrected chi connectivity index (χ4v) is 5.56. The first-order chi connectivity index (χ1) is 19.3. The van der Waals surface area contributed by atoms with Gasteiger partial charge in [-0.25, -0.2) is 26.9 Å². The minimum atomic E-state index is -4.61. The van der Waals surface area contributed by atoms with E-state index in [2.05, 4.69) is 19.9 Å². The Bertz CT molecular complexity index is 1810. The van der Waals surface area contributed by atoms with Crippen LogP contribution in [-0.2, 0) is 28.3 Å². The number of nitrogens with zero attached hydrogens (tertiary/aromatic N) is 5. The van der Waals surface area contributed by atoms with Crippen molar-refractivity contribution < 1.29 is 35.5 Å². The zero-order chi connectivity index (χ0) is 29.6. The molecule has 0 aliphatic rings. The van der Waals surface area contributed by atoms with Crippen LogP contribution in [-0.4, -0.2) is 38.1 Å². The molecule has 0 aliphatic heterocycles. The van der Waals surface area contributed by atoms with E-state index in [-0.39, 0.29) is 22.7 Å². The molecule has 3 aromatic carbocycles. The number of fused-ring (bicyclic) bond motifs is 1. The number of alkyl halides is 3. The molecule has 5 aromatic rings. The summed E-state index contributed by atoms with van der Waals surface area (Å²) in [6.45, 7) is 1.32. The molecule has 2 unspecified atom stereocenters. The summed E-state index contributed by atoms with van der Waals surface area (Å²) in [5.74, 6) is -1.80. The van der Waals surface area contributed by atoms with Crippen molar-refractivity contribution in [1.82, 2.24) is 24.5 Å². The second kappa shape index (κ2) is 10.2. The maximum Gasteiger partial charge on any atom is 0.416 e. The highest BCUT2D eigenvalue weighted by atomic mass is 32.2. The van der Waals surface area contributed by atoms with Gasteiger partial charge in [-0.15, -0.1) is 0 Å². The lowest BCUT2D eigenvalue weighted by atomic mass is 9.86. The normalized spacial score (nSPS) is 14.6. The Morgan fingerprint density at radius 3 is 2.37 bits per heavy atom. The number of hydrogen-bond acceptors (Lipinski definition) is 6. The fourth-order valence-electron chi connectivity index (χ4n) is 4.51. The van der Waals surface area contributed by atoms with Crippen LogP contribution in [0.2, 0.25) is 0 Å². The number of nitrogens with one attached hydrogen (secondary N) is 1. The molecule has 2 heterocycles. The zero-order valence-electron chi connectivity index (χ0n) is 21.1. The van der Waals surface area contributed by atoms with Crippen LogP contribution < -0.4 is 4.72 Å². The minimum absolute atomic E-state index is 0.104. The molecule has 15 heteroatoms. The maximum absolute atomic E-state index is 14.9. The predicted octanol–water partition coefficient (Wildman–Crippen LogP) is 4.87. The van der Waals surface area contributed by atoms with E-state index >= 15 is 0 Å². The van der Waals surface area contributed by atoms with E-state index in [9.17, 15) is 35.5 Å². The number of benzene rings is 3. The molecule has 2 N–H and O–H groups in total. The first kappa shape index (κ1) is 28.2. The zero-order valence-corrected chi connectivity index (χ0v) is 21.9. The second-order valence-corrected chi connectivity index (χ2v) is 11.0. The number of sulfonamides is 1. The molecule has 0 saturated heterocycles. The van der Waals surface area contributed by atoms with E-state index in [1.165, 1.54) is 46.4 Å². The van der Waals surface area contributed by atoms with Gasteiger partial charge in [0.2, 0.25) is 0 Å². The quantitative estimate of drug-likeness (QED) is 0.249. The van der Waals surface area contributed by atoms with Gasteiger partial charge in [-0.05, 0) is 55.5 Å². The van der Waals surface area contributed by atoms with E-state index < -0.39 is 45.0 Å². The SMILES string of the molecule is CC(n1ncc2cc(NS(=O)(=O)c3ccc(C(F)(F)F)cc3)ccc21)C(O)(Cn1cncn1)c1ccc(F)cc1F. The summed E-state index contributed by atoms with van der Waals surface area (Å²) < 4.78 is 97.7. The third-order valence-electron chi connectivity index (χ3n) is 6.66. The molecule has 0 aliphatic carbocycles. The molecule has 0 spiro atoms. The molecule has 0 bridgehead atoms. The largest absolute Gasteiger partial charge is 0.416 e. The van der Waals surface area contributed by atoms with Crippen molar-refractivity contribution in [3.8, 4) is 0 Å². The summed E-state index contributed by atoms with van der Waals surface area (Å²) in [4.78, 5) is 3.48. The Labute approximate surface area is 229 Å². The number of rotatable bonds is 8. The van der Waals surface area contributed by atoms with Crippen LogP contribution in [0.5, 0.6) is 0 Å². The molecule has 0 amide bonds. The van der Waals surface area contributed by atoms with Crippen molar-refractivity contribution in [1.29, 1.82) is 0 Å².